The SMILES string of the molecule is COCCOCc1cc(C(=O)N2C[C@H]3CNC[C@H]3C2)ccc1F.Cl. The second-order valence-electron chi connectivity index (χ2n) is 6.24. The van der Waals surface area contributed by atoms with Crippen molar-refractivity contribution in [1.29, 1.82) is 0 Å². The van der Waals surface area contributed by atoms with Crippen LogP contribution in [0.25, 0.3) is 0 Å². The van der Waals surface area contributed by atoms with Gasteiger partial charge in [0.15, 0.2) is 0 Å². The molecule has 1 aromatic rings. The lowest BCUT2D eigenvalue weighted by molar-refractivity contribution is 0.0603. The minimum Gasteiger partial charge on any atom is -0.382 e. The maximum atomic E-state index is 13.9. The van der Waals surface area contributed by atoms with Gasteiger partial charge in [-0.15, -0.1) is 12.4 Å². The predicted octanol–water partition coefficient (Wildman–Crippen LogP) is 1.70. The first-order chi connectivity index (χ1) is 11.2. The van der Waals surface area contributed by atoms with E-state index < -0.39 is 0 Å². The molecule has 1 amide bonds. The highest BCUT2D eigenvalue weighted by molar-refractivity contribution is 5.94. The summed E-state index contributed by atoms with van der Waals surface area (Å²) >= 11 is 0. The number of halogens is 2. The van der Waals surface area contributed by atoms with E-state index in [1.165, 1.54) is 6.07 Å². The summed E-state index contributed by atoms with van der Waals surface area (Å²) in [6, 6.07) is 4.51. The molecular weight excluding hydrogens is 335 g/mol. The van der Waals surface area contributed by atoms with Crippen LogP contribution >= 0.6 is 12.4 Å². The van der Waals surface area contributed by atoms with Crippen molar-refractivity contribution in [2.75, 3.05) is 46.5 Å². The largest absolute Gasteiger partial charge is 0.382 e. The number of fused-ring (bicyclic) bond motifs is 1. The second kappa shape index (κ2) is 8.76. The molecule has 0 bridgehead atoms. The highest BCUT2D eigenvalue weighted by Gasteiger charge is 2.38. The maximum Gasteiger partial charge on any atom is 0.253 e. The third kappa shape index (κ3) is 4.25. The van der Waals surface area contributed by atoms with Crippen molar-refractivity contribution in [3.05, 3.63) is 35.1 Å². The van der Waals surface area contributed by atoms with Gasteiger partial charge in [-0.2, -0.15) is 0 Å². The monoisotopic (exact) mass is 358 g/mol. The van der Waals surface area contributed by atoms with Gasteiger partial charge in [-0.3, -0.25) is 4.79 Å². The summed E-state index contributed by atoms with van der Waals surface area (Å²) < 4.78 is 24.1. The average molecular weight is 359 g/mol. The number of likely N-dealkylation sites (tertiary alicyclic amines) is 1. The molecule has 0 radical (unpaired) electrons. The van der Waals surface area contributed by atoms with Gasteiger partial charge in [-0.05, 0) is 30.0 Å². The second-order valence-corrected chi connectivity index (χ2v) is 6.24. The molecular formula is C17H24ClFN2O3. The van der Waals surface area contributed by atoms with Crippen LogP contribution in [0.5, 0.6) is 0 Å². The highest BCUT2D eigenvalue weighted by atomic mass is 35.5. The lowest BCUT2D eigenvalue weighted by Gasteiger charge is -2.18. The third-order valence-electron chi connectivity index (χ3n) is 4.66. The van der Waals surface area contributed by atoms with Crippen molar-refractivity contribution in [3.63, 3.8) is 0 Å². The van der Waals surface area contributed by atoms with Crippen LogP contribution in [0.1, 0.15) is 15.9 Å². The summed E-state index contributed by atoms with van der Waals surface area (Å²) in [7, 11) is 1.59. The Morgan fingerprint density at radius 2 is 2.00 bits per heavy atom. The Balaban J connectivity index is 0.00000208. The van der Waals surface area contributed by atoms with Crippen molar-refractivity contribution < 1.29 is 18.7 Å². The molecule has 7 heteroatoms. The Morgan fingerprint density at radius 3 is 2.67 bits per heavy atom. The average Bonchev–Trinajstić information content (AvgIpc) is 3.14. The van der Waals surface area contributed by atoms with Gasteiger partial charge in [-0.25, -0.2) is 4.39 Å². The molecule has 134 valence electrons. The number of carbonyl (C=O) groups excluding carboxylic acids is 1. The number of nitrogens with zero attached hydrogens (tertiary/aromatic N) is 1. The van der Waals surface area contributed by atoms with Crippen LogP contribution in [0.3, 0.4) is 0 Å². The van der Waals surface area contributed by atoms with Gasteiger partial charge in [0.1, 0.15) is 5.82 Å². The summed E-state index contributed by atoms with van der Waals surface area (Å²) in [5.74, 6) is 0.742. The molecule has 0 saturated carbocycles. The maximum absolute atomic E-state index is 13.9. The highest BCUT2D eigenvalue weighted by Crippen LogP contribution is 2.27. The van der Waals surface area contributed by atoms with Gasteiger partial charge in [0, 0.05) is 44.4 Å². The standard InChI is InChI=1S/C17H23FN2O3.ClH/c1-22-4-5-23-11-13-6-12(2-3-16(13)18)17(21)20-9-14-7-19-8-15(14)10-20;/h2-3,6,14-15,19H,4-5,7-11H2,1H3;1H/t14-,15+;. The van der Waals surface area contributed by atoms with Crippen LogP contribution < -0.4 is 5.32 Å². The summed E-state index contributed by atoms with van der Waals surface area (Å²) in [6.07, 6.45) is 0. The topological polar surface area (TPSA) is 50.8 Å². The zero-order valence-electron chi connectivity index (χ0n) is 13.8. The Labute approximate surface area is 147 Å². The number of methoxy groups -OCH3 is 1. The van der Waals surface area contributed by atoms with Gasteiger partial charge >= 0.3 is 0 Å². The van der Waals surface area contributed by atoms with Gasteiger partial charge in [0.2, 0.25) is 0 Å². The van der Waals surface area contributed by atoms with Crippen molar-refractivity contribution in [1.82, 2.24) is 10.2 Å². The molecule has 2 fully saturated rings. The molecule has 3 rings (SSSR count). The van der Waals surface area contributed by atoms with E-state index in [2.05, 4.69) is 5.32 Å². The summed E-state index contributed by atoms with van der Waals surface area (Å²) in [5, 5.41) is 3.36. The smallest absolute Gasteiger partial charge is 0.253 e. The lowest BCUT2D eigenvalue weighted by Crippen LogP contribution is -2.32. The molecule has 2 saturated heterocycles. The van der Waals surface area contributed by atoms with Gasteiger partial charge in [0.25, 0.3) is 5.91 Å². The van der Waals surface area contributed by atoms with E-state index in [4.69, 9.17) is 9.47 Å². The fourth-order valence-electron chi connectivity index (χ4n) is 3.35. The number of amides is 1. The third-order valence-corrected chi connectivity index (χ3v) is 4.66. The molecule has 1 N–H and O–H groups in total. The molecule has 2 aliphatic rings. The fourth-order valence-corrected chi connectivity index (χ4v) is 3.35. The zero-order valence-corrected chi connectivity index (χ0v) is 14.6. The molecule has 0 unspecified atom stereocenters. The molecule has 1 aromatic carbocycles. The van der Waals surface area contributed by atoms with Crippen molar-refractivity contribution in [2.24, 2.45) is 11.8 Å². The van der Waals surface area contributed by atoms with E-state index in [-0.39, 0.29) is 30.7 Å². The summed E-state index contributed by atoms with van der Waals surface area (Å²) in [6.45, 7) is 4.54. The van der Waals surface area contributed by atoms with Crippen molar-refractivity contribution >= 4 is 18.3 Å². The molecule has 2 heterocycles. The van der Waals surface area contributed by atoms with E-state index in [1.807, 2.05) is 4.90 Å². The number of rotatable bonds is 6. The summed E-state index contributed by atoms with van der Waals surface area (Å²) in [5.41, 5.74) is 0.942. The number of ether oxygens (including phenoxy) is 2. The predicted molar refractivity (Wildman–Crippen MR) is 90.9 cm³/mol. The van der Waals surface area contributed by atoms with Gasteiger partial charge in [0.05, 0.1) is 19.8 Å². The quantitative estimate of drug-likeness (QED) is 0.786. The van der Waals surface area contributed by atoms with E-state index >= 15 is 0 Å². The minimum absolute atomic E-state index is 0. The van der Waals surface area contributed by atoms with Crippen LogP contribution in [0.2, 0.25) is 0 Å². The zero-order chi connectivity index (χ0) is 16.2. The first kappa shape index (κ1) is 19.1. The van der Waals surface area contributed by atoms with E-state index in [1.54, 1.807) is 19.2 Å². The first-order valence-corrected chi connectivity index (χ1v) is 8.04. The normalized spacial score (nSPS) is 22.3. The molecule has 0 aliphatic carbocycles. The molecule has 2 aliphatic heterocycles. The number of hydrogen-bond acceptors (Lipinski definition) is 4. The van der Waals surface area contributed by atoms with Gasteiger partial charge < -0.3 is 19.7 Å². The first-order valence-electron chi connectivity index (χ1n) is 8.04. The molecule has 24 heavy (non-hydrogen) atoms. The van der Waals surface area contributed by atoms with Crippen LogP contribution in [-0.4, -0.2) is 57.3 Å². The molecule has 2 atom stereocenters. The number of benzene rings is 1. The molecule has 0 aromatic heterocycles. The Hall–Kier alpha value is -1.21. The number of nitrogens with one attached hydrogen (secondary N) is 1. The Bertz CT molecular complexity index is 561. The summed E-state index contributed by atoms with van der Waals surface area (Å²) in [4.78, 5) is 14.5. The lowest BCUT2D eigenvalue weighted by atomic mass is 10.0. The van der Waals surface area contributed by atoms with Gasteiger partial charge in [-0.1, -0.05) is 0 Å². The van der Waals surface area contributed by atoms with Crippen LogP contribution in [0, 0.1) is 17.7 Å². The van der Waals surface area contributed by atoms with Crippen molar-refractivity contribution in [2.45, 2.75) is 6.61 Å². The van der Waals surface area contributed by atoms with E-state index in [0.29, 0.717) is 36.2 Å². The molecule has 5 nitrogen and oxygen atoms in total. The van der Waals surface area contributed by atoms with E-state index in [9.17, 15) is 9.18 Å². The number of hydrogen-bond donors (Lipinski definition) is 1. The van der Waals surface area contributed by atoms with Crippen LogP contribution in [-0.2, 0) is 16.1 Å². The minimum atomic E-state index is -0.346. The van der Waals surface area contributed by atoms with Crippen molar-refractivity contribution in [3.8, 4) is 0 Å². The Kier molecular flexibility index (Phi) is 6.98. The number of carbonyl (C=O) groups is 1. The van der Waals surface area contributed by atoms with Crippen LogP contribution in [0.15, 0.2) is 18.2 Å². The van der Waals surface area contributed by atoms with E-state index in [0.717, 1.165) is 26.2 Å². The molecule has 0 spiro atoms. The van der Waals surface area contributed by atoms with Crippen LogP contribution in [0.4, 0.5) is 4.39 Å². The fraction of sp³-hybridized carbons (Fsp3) is 0.588. The Morgan fingerprint density at radius 1 is 1.29 bits per heavy atom.